The number of Topliss-reactive ketones (excluding diaryl/α,β-unsaturated/α-hetero) is 3. The maximum Gasteiger partial charge on any atom is 0.320 e. The molecule has 0 aliphatic heterocycles. The van der Waals surface area contributed by atoms with Crippen molar-refractivity contribution < 1.29 is 23.9 Å². The van der Waals surface area contributed by atoms with Gasteiger partial charge in [0.1, 0.15) is 11.2 Å². The van der Waals surface area contributed by atoms with Crippen molar-refractivity contribution in [3.8, 4) is 0 Å². The minimum Gasteiger partial charge on any atom is -0.465 e. The van der Waals surface area contributed by atoms with Gasteiger partial charge in [0.25, 0.3) is 0 Å². The summed E-state index contributed by atoms with van der Waals surface area (Å²) in [6, 6.07) is 16.8. The second-order valence-corrected chi connectivity index (χ2v) is 7.06. The second-order valence-electron chi connectivity index (χ2n) is 7.06. The van der Waals surface area contributed by atoms with Crippen LogP contribution in [-0.2, 0) is 14.3 Å². The fourth-order valence-corrected chi connectivity index (χ4v) is 3.05. The molecule has 0 unspecified atom stereocenters. The number of carbonyl (C=O) groups is 4. The third kappa shape index (κ3) is 5.70. The molecule has 0 amide bonds. The highest BCUT2D eigenvalue weighted by Crippen LogP contribution is 2.33. The van der Waals surface area contributed by atoms with E-state index in [1.165, 1.54) is 6.92 Å². The van der Waals surface area contributed by atoms with Crippen LogP contribution in [0.1, 0.15) is 60.2 Å². The van der Waals surface area contributed by atoms with E-state index in [9.17, 15) is 19.2 Å². The molecule has 2 aromatic rings. The van der Waals surface area contributed by atoms with Gasteiger partial charge < -0.3 is 4.74 Å². The van der Waals surface area contributed by atoms with Crippen LogP contribution < -0.4 is 0 Å². The Bertz CT molecular complexity index is 802. The maximum atomic E-state index is 13.0. The van der Waals surface area contributed by atoms with E-state index < -0.39 is 30.0 Å². The topological polar surface area (TPSA) is 77.5 Å². The lowest BCUT2D eigenvalue weighted by Crippen LogP contribution is -2.43. The van der Waals surface area contributed by atoms with Crippen LogP contribution in [0.15, 0.2) is 60.7 Å². The lowest BCUT2D eigenvalue weighted by molar-refractivity contribution is -0.160. The van der Waals surface area contributed by atoms with Crippen molar-refractivity contribution in [1.82, 2.24) is 0 Å². The van der Waals surface area contributed by atoms with Gasteiger partial charge in [0.15, 0.2) is 11.6 Å². The summed E-state index contributed by atoms with van der Waals surface area (Å²) < 4.78 is 5.32. The first-order chi connectivity index (χ1) is 13.9. The lowest BCUT2D eigenvalue weighted by atomic mass is 9.73. The van der Waals surface area contributed by atoms with Crippen molar-refractivity contribution in [3.05, 3.63) is 71.8 Å². The molecular weight excluding hydrogens is 368 g/mol. The van der Waals surface area contributed by atoms with Crippen molar-refractivity contribution in [2.75, 3.05) is 6.61 Å². The van der Waals surface area contributed by atoms with Crippen LogP contribution in [0.2, 0.25) is 0 Å². The number of ketones is 3. The minimum atomic E-state index is -1.84. The average Bonchev–Trinajstić information content (AvgIpc) is 2.74. The first-order valence-electron chi connectivity index (χ1n) is 9.75. The number of unbranched alkanes of at least 4 members (excludes halogenated alkanes) is 1. The number of ether oxygens (including phenoxy) is 1. The predicted octanol–water partition coefficient (Wildman–Crippen LogP) is 4.45. The van der Waals surface area contributed by atoms with E-state index in [0.29, 0.717) is 17.5 Å². The Labute approximate surface area is 171 Å². The smallest absolute Gasteiger partial charge is 0.320 e. The summed E-state index contributed by atoms with van der Waals surface area (Å²) in [5.74, 6) is -2.12. The van der Waals surface area contributed by atoms with Crippen molar-refractivity contribution in [1.29, 1.82) is 0 Å². The molecule has 0 aliphatic carbocycles. The van der Waals surface area contributed by atoms with Gasteiger partial charge >= 0.3 is 5.97 Å². The van der Waals surface area contributed by atoms with Crippen LogP contribution in [0.25, 0.3) is 0 Å². The zero-order valence-corrected chi connectivity index (χ0v) is 16.9. The molecule has 0 aromatic heterocycles. The van der Waals surface area contributed by atoms with Crippen LogP contribution >= 0.6 is 0 Å². The first kappa shape index (κ1) is 22.2. The van der Waals surface area contributed by atoms with Crippen molar-refractivity contribution >= 4 is 23.3 Å². The summed E-state index contributed by atoms with van der Waals surface area (Å²) in [5, 5.41) is 0. The molecule has 0 saturated heterocycles. The Kier molecular flexibility index (Phi) is 8.01. The van der Waals surface area contributed by atoms with Gasteiger partial charge in [-0.15, -0.1) is 0 Å². The van der Waals surface area contributed by atoms with E-state index in [1.807, 2.05) is 6.92 Å². The molecule has 5 heteroatoms. The highest BCUT2D eigenvalue weighted by atomic mass is 16.5. The monoisotopic (exact) mass is 394 g/mol. The molecule has 0 aliphatic rings. The fraction of sp³-hybridized carbons (Fsp3) is 0.333. The van der Waals surface area contributed by atoms with Gasteiger partial charge in [-0.1, -0.05) is 74.0 Å². The van der Waals surface area contributed by atoms with E-state index in [-0.39, 0.29) is 18.2 Å². The van der Waals surface area contributed by atoms with Crippen LogP contribution in [0.5, 0.6) is 0 Å². The molecule has 2 rings (SSSR count). The number of benzene rings is 2. The lowest BCUT2D eigenvalue weighted by Gasteiger charge is -2.28. The Hall–Kier alpha value is -3.08. The SMILES string of the molecule is CCCCOC(=O)C(CC(=O)c1ccccc1)(CC(=O)c1ccccc1)C(C)=O. The number of hydrogen-bond donors (Lipinski definition) is 0. The third-order valence-electron chi connectivity index (χ3n) is 4.91. The fourth-order valence-electron chi connectivity index (χ4n) is 3.05. The quantitative estimate of drug-likeness (QED) is 0.243. The van der Waals surface area contributed by atoms with Gasteiger partial charge in [0.05, 0.1) is 6.61 Å². The normalized spacial score (nSPS) is 11.0. The predicted molar refractivity (Wildman–Crippen MR) is 110 cm³/mol. The molecule has 0 heterocycles. The summed E-state index contributed by atoms with van der Waals surface area (Å²) in [4.78, 5) is 51.3. The molecule has 0 bridgehead atoms. The van der Waals surface area contributed by atoms with Crippen molar-refractivity contribution in [2.45, 2.75) is 39.5 Å². The summed E-state index contributed by atoms with van der Waals surface area (Å²) in [5.41, 5.74) is -1.08. The van der Waals surface area contributed by atoms with E-state index >= 15 is 0 Å². The van der Waals surface area contributed by atoms with Gasteiger partial charge in [0, 0.05) is 24.0 Å². The average molecular weight is 394 g/mol. The first-order valence-corrected chi connectivity index (χ1v) is 9.75. The molecule has 2 aromatic carbocycles. The van der Waals surface area contributed by atoms with Gasteiger partial charge in [0.2, 0.25) is 0 Å². The molecule has 0 N–H and O–H groups in total. The number of hydrogen-bond acceptors (Lipinski definition) is 5. The number of rotatable bonds is 11. The van der Waals surface area contributed by atoms with Crippen LogP contribution in [-0.4, -0.2) is 29.9 Å². The van der Waals surface area contributed by atoms with Crippen molar-refractivity contribution in [2.24, 2.45) is 5.41 Å². The summed E-state index contributed by atoms with van der Waals surface area (Å²) in [7, 11) is 0. The molecule has 0 fully saturated rings. The highest BCUT2D eigenvalue weighted by molar-refractivity contribution is 6.13. The van der Waals surface area contributed by atoms with E-state index in [0.717, 1.165) is 6.42 Å². The molecule has 5 nitrogen and oxygen atoms in total. The van der Waals surface area contributed by atoms with Crippen LogP contribution in [0.3, 0.4) is 0 Å². The van der Waals surface area contributed by atoms with E-state index in [2.05, 4.69) is 0 Å². The molecule has 0 atom stereocenters. The summed E-state index contributed by atoms with van der Waals surface area (Å²) in [6.45, 7) is 3.32. The Morgan fingerprint density at radius 3 is 1.62 bits per heavy atom. The van der Waals surface area contributed by atoms with Crippen LogP contribution in [0, 0.1) is 5.41 Å². The zero-order valence-electron chi connectivity index (χ0n) is 16.9. The summed E-state index contributed by atoms with van der Waals surface area (Å²) in [6.07, 6.45) is 0.636. The molecule has 0 saturated carbocycles. The van der Waals surface area contributed by atoms with E-state index in [4.69, 9.17) is 4.74 Å². The molecule has 0 radical (unpaired) electrons. The zero-order chi connectivity index (χ0) is 21.3. The van der Waals surface area contributed by atoms with E-state index in [1.54, 1.807) is 60.7 Å². The van der Waals surface area contributed by atoms with Gasteiger partial charge in [-0.25, -0.2) is 0 Å². The Morgan fingerprint density at radius 1 is 0.793 bits per heavy atom. The minimum absolute atomic E-state index is 0.142. The standard InChI is InChI=1S/C24H26O5/c1-3-4-15-29-23(28)24(18(2)25,16-21(26)19-11-7-5-8-12-19)17-22(27)20-13-9-6-10-14-20/h5-14H,3-4,15-17H2,1-2H3. The largest absolute Gasteiger partial charge is 0.465 e. The highest BCUT2D eigenvalue weighted by Gasteiger charge is 2.48. The van der Waals surface area contributed by atoms with Gasteiger partial charge in [-0.2, -0.15) is 0 Å². The number of esters is 1. The molecule has 29 heavy (non-hydrogen) atoms. The molecule has 0 spiro atoms. The maximum absolute atomic E-state index is 13.0. The summed E-state index contributed by atoms with van der Waals surface area (Å²) >= 11 is 0. The molecule has 152 valence electrons. The van der Waals surface area contributed by atoms with Gasteiger partial charge in [-0.05, 0) is 13.3 Å². The Morgan fingerprint density at radius 2 is 1.24 bits per heavy atom. The van der Waals surface area contributed by atoms with Gasteiger partial charge in [-0.3, -0.25) is 19.2 Å². The molecular formula is C24H26O5. The third-order valence-corrected chi connectivity index (χ3v) is 4.91. The second kappa shape index (κ2) is 10.5. The number of carbonyl (C=O) groups excluding carboxylic acids is 4. The van der Waals surface area contributed by atoms with Crippen LogP contribution in [0.4, 0.5) is 0 Å². The van der Waals surface area contributed by atoms with Crippen molar-refractivity contribution in [3.63, 3.8) is 0 Å². The Balaban J connectivity index is 2.37.